The molecular weight excluding hydrogens is 474 g/mol. The van der Waals surface area contributed by atoms with Gasteiger partial charge >= 0.3 is 5.97 Å². The van der Waals surface area contributed by atoms with Crippen molar-refractivity contribution in [1.29, 1.82) is 0 Å². The van der Waals surface area contributed by atoms with Gasteiger partial charge in [-0.2, -0.15) is 0 Å². The Kier molecular flexibility index (Phi) is 7.82. The Morgan fingerprint density at radius 3 is 2.59 bits per heavy atom. The van der Waals surface area contributed by atoms with E-state index in [1.54, 1.807) is 11.4 Å². The number of hydrogen-bond acceptors (Lipinski definition) is 9. The van der Waals surface area contributed by atoms with Crippen LogP contribution in [0.5, 0.6) is 0 Å². The van der Waals surface area contributed by atoms with Crippen molar-refractivity contribution in [3.05, 3.63) is 46.7 Å². The fraction of sp³-hybridized carbons (Fsp3) is 0.263. The summed E-state index contributed by atoms with van der Waals surface area (Å²) in [7, 11) is -3.92. The molecule has 8 N–H and O–H groups in total. The number of benzene rings is 1. The van der Waals surface area contributed by atoms with Crippen LogP contribution in [0.4, 0.5) is 5.69 Å². The Labute approximate surface area is 192 Å². The van der Waals surface area contributed by atoms with Gasteiger partial charge in [0.2, 0.25) is 0 Å². The van der Waals surface area contributed by atoms with E-state index in [1.165, 1.54) is 6.07 Å². The van der Waals surface area contributed by atoms with Gasteiger partial charge in [-0.1, -0.05) is 18.2 Å². The first kappa shape index (κ1) is 24.1. The number of anilines is 1. The molecule has 32 heavy (non-hydrogen) atoms. The molecule has 0 fully saturated rings. The van der Waals surface area contributed by atoms with Gasteiger partial charge in [0.25, 0.3) is 15.9 Å². The summed E-state index contributed by atoms with van der Waals surface area (Å²) >= 11 is 2.13. The second-order valence-electron chi connectivity index (χ2n) is 6.86. The first-order chi connectivity index (χ1) is 15.2. The maximum atomic E-state index is 12.9. The van der Waals surface area contributed by atoms with Gasteiger partial charge in [-0.3, -0.25) is 14.8 Å². The van der Waals surface area contributed by atoms with Crippen LogP contribution < -0.4 is 26.8 Å². The first-order valence-electron chi connectivity index (χ1n) is 9.54. The Hall–Kier alpha value is -2.55. The number of rotatable bonds is 11. The molecule has 0 aliphatic heterocycles. The molecule has 1 atom stereocenters. The minimum atomic E-state index is -3.92. The van der Waals surface area contributed by atoms with Crippen LogP contribution in [0.2, 0.25) is 0 Å². The average molecular weight is 498 g/mol. The van der Waals surface area contributed by atoms with Gasteiger partial charge in [0.05, 0.1) is 5.69 Å². The molecule has 1 amide bonds. The van der Waals surface area contributed by atoms with Crippen molar-refractivity contribution in [2.75, 3.05) is 11.3 Å². The van der Waals surface area contributed by atoms with E-state index in [0.29, 0.717) is 13.0 Å². The number of nitrogens with one attached hydrogen (secondary N) is 3. The summed E-state index contributed by atoms with van der Waals surface area (Å²) < 4.78 is 29.1. The smallest absolute Gasteiger partial charge is 0.326 e. The Morgan fingerprint density at radius 1 is 1.16 bits per heavy atom. The first-order valence-corrected chi connectivity index (χ1v) is 12.7. The number of hydrogen-bond donors (Lipinski definition) is 6. The minimum Gasteiger partial charge on any atom is -0.480 e. The van der Waals surface area contributed by atoms with E-state index in [-0.39, 0.29) is 21.2 Å². The molecule has 0 unspecified atom stereocenters. The number of carboxylic acids is 1. The molecule has 0 radical (unpaired) electrons. The predicted octanol–water partition coefficient (Wildman–Crippen LogP) is 1.52. The van der Waals surface area contributed by atoms with Crippen LogP contribution in [0.1, 0.15) is 22.5 Å². The molecule has 13 heteroatoms. The quantitative estimate of drug-likeness (QED) is 0.171. The molecule has 2 aromatic heterocycles. The van der Waals surface area contributed by atoms with Crippen LogP contribution in [0.3, 0.4) is 0 Å². The zero-order chi connectivity index (χ0) is 23.3. The number of carbonyl (C=O) groups excluding carboxylic acids is 1. The van der Waals surface area contributed by atoms with Gasteiger partial charge in [-0.15, -0.1) is 22.7 Å². The van der Waals surface area contributed by atoms with E-state index < -0.39 is 34.2 Å². The van der Waals surface area contributed by atoms with Crippen molar-refractivity contribution in [1.82, 2.24) is 10.6 Å². The lowest BCUT2D eigenvalue weighted by Crippen LogP contribution is -2.46. The zero-order valence-corrected chi connectivity index (χ0v) is 19.2. The van der Waals surface area contributed by atoms with Gasteiger partial charge in [-0.25, -0.2) is 13.2 Å². The minimum absolute atomic E-state index is 0.0723. The van der Waals surface area contributed by atoms with E-state index in [0.717, 1.165) is 32.8 Å². The van der Waals surface area contributed by atoms with E-state index in [9.17, 15) is 23.1 Å². The van der Waals surface area contributed by atoms with Gasteiger partial charge in [0.15, 0.2) is 0 Å². The standard InChI is InChI=1S/C19H23N5O5S3/c20-19(21)22-8-3-5-13(18(26)27)23-17(25)16-12(7-9-30-16)24-32(28,29)15-10-11-4-1-2-6-14(11)31-15/h1-2,4,6-7,9-10,13,19,22,24H,3,5,8,20-21H2,(H,23,25)(H,26,27)/t13-/m0/s1. The fourth-order valence-electron chi connectivity index (χ4n) is 2.91. The zero-order valence-electron chi connectivity index (χ0n) is 16.8. The lowest BCUT2D eigenvalue weighted by Gasteiger charge is -2.15. The van der Waals surface area contributed by atoms with Crippen LogP contribution >= 0.6 is 22.7 Å². The van der Waals surface area contributed by atoms with Crippen LogP contribution in [-0.4, -0.2) is 44.3 Å². The van der Waals surface area contributed by atoms with Crippen molar-refractivity contribution < 1.29 is 23.1 Å². The number of amides is 1. The summed E-state index contributed by atoms with van der Waals surface area (Å²) in [6.45, 7) is 0.385. The van der Waals surface area contributed by atoms with Crippen molar-refractivity contribution in [3.8, 4) is 0 Å². The molecule has 0 saturated heterocycles. The topological polar surface area (TPSA) is 177 Å². The third-order valence-electron chi connectivity index (χ3n) is 4.44. The van der Waals surface area contributed by atoms with Crippen molar-refractivity contribution in [3.63, 3.8) is 0 Å². The highest BCUT2D eigenvalue weighted by atomic mass is 32.2. The number of sulfonamides is 1. The molecule has 0 aliphatic carbocycles. The lowest BCUT2D eigenvalue weighted by molar-refractivity contribution is -0.139. The third-order valence-corrected chi connectivity index (χ3v) is 8.30. The number of nitrogens with two attached hydrogens (primary N) is 2. The summed E-state index contributed by atoms with van der Waals surface area (Å²) in [6.07, 6.45) is -0.150. The Bertz CT molecular complexity index is 1170. The highest BCUT2D eigenvalue weighted by Crippen LogP contribution is 2.31. The molecule has 0 bridgehead atoms. The highest BCUT2D eigenvalue weighted by Gasteiger charge is 2.25. The van der Waals surface area contributed by atoms with E-state index >= 15 is 0 Å². The van der Waals surface area contributed by atoms with Crippen molar-refractivity contribution in [2.24, 2.45) is 11.5 Å². The number of aliphatic carboxylic acids is 1. The molecule has 1 aromatic carbocycles. The average Bonchev–Trinajstić information content (AvgIpc) is 3.36. The molecule has 0 saturated carbocycles. The van der Waals surface area contributed by atoms with E-state index in [1.807, 2.05) is 24.3 Å². The lowest BCUT2D eigenvalue weighted by atomic mass is 10.1. The SMILES string of the molecule is NC(N)NCCC[C@H](NC(=O)c1sccc1NS(=O)(=O)c1cc2ccccc2s1)C(=O)O. The molecule has 0 aliphatic rings. The van der Waals surface area contributed by atoms with Crippen molar-refractivity contribution >= 4 is 60.3 Å². The Morgan fingerprint density at radius 2 is 1.91 bits per heavy atom. The molecule has 3 aromatic rings. The van der Waals surface area contributed by atoms with E-state index in [2.05, 4.69) is 15.4 Å². The molecule has 2 heterocycles. The van der Waals surface area contributed by atoms with Gasteiger partial charge in [0.1, 0.15) is 21.4 Å². The Balaban J connectivity index is 1.70. The van der Waals surface area contributed by atoms with Crippen LogP contribution in [-0.2, 0) is 14.8 Å². The maximum absolute atomic E-state index is 12.9. The normalized spacial score (nSPS) is 12.7. The molecule has 172 valence electrons. The number of carboxylic acid groups (broad SMARTS) is 1. The largest absolute Gasteiger partial charge is 0.480 e. The van der Waals surface area contributed by atoms with Crippen LogP contribution in [0.15, 0.2) is 46.0 Å². The summed E-state index contributed by atoms with van der Waals surface area (Å²) in [5.41, 5.74) is 10.8. The molecule has 3 rings (SSSR count). The molecule has 10 nitrogen and oxygen atoms in total. The molecular formula is C19H23N5O5S3. The fourth-order valence-corrected chi connectivity index (χ4v) is 6.19. The van der Waals surface area contributed by atoms with Crippen LogP contribution in [0.25, 0.3) is 10.1 Å². The van der Waals surface area contributed by atoms with Crippen LogP contribution in [0, 0.1) is 0 Å². The second-order valence-corrected chi connectivity index (χ2v) is 10.8. The molecule has 0 spiro atoms. The van der Waals surface area contributed by atoms with Gasteiger partial charge in [-0.05, 0) is 48.4 Å². The predicted molar refractivity (Wildman–Crippen MR) is 125 cm³/mol. The van der Waals surface area contributed by atoms with Crippen molar-refractivity contribution in [2.45, 2.75) is 29.4 Å². The summed E-state index contributed by atoms with van der Waals surface area (Å²) in [4.78, 5) is 24.3. The maximum Gasteiger partial charge on any atom is 0.326 e. The highest BCUT2D eigenvalue weighted by molar-refractivity contribution is 7.94. The van der Waals surface area contributed by atoms with Gasteiger partial charge in [0, 0.05) is 4.70 Å². The summed E-state index contributed by atoms with van der Waals surface area (Å²) in [5, 5.41) is 17.0. The second kappa shape index (κ2) is 10.4. The summed E-state index contributed by atoms with van der Waals surface area (Å²) in [6, 6.07) is 9.17. The number of thiophene rings is 2. The third kappa shape index (κ3) is 6.03. The van der Waals surface area contributed by atoms with E-state index in [4.69, 9.17) is 11.5 Å². The van der Waals surface area contributed by atoms with Gasteiger partial charge < -0.3 is 21.9 Å². The summed E-state index contributed by atoms with van der Waals surface area (Å²) in [5.74, 6) is -1.87. The monoisotopic (exact) mass is 497 g/mol. The number of fused-ring (bicyclic) bond motifs is 1. The number of carbonyl (C=O) groups is 2.